The molecule has 0 aromatic heterocycles. The molecule has 0 radical (unpaired) electrons. The van der Waals surface area contributed by atoms with Crippen LogP contribution in [-0.4, -0.2) is 95.9 Å². The Bertz CT molecular complexity index is 2540. The molecule has 0 heterocycles. The number of phosphoric acid groups is 2. The molecule has 5 atom stereocenters. The molecule has 18 heteroatoms. The van der Waals surface area contributed by atoms with E-state index in [9.17, 15) is 43.5 Å². The molecule has 0 bridgehead atoms. The van der Waals surface area contributed by atoms with Gasteiger partial charge in [-0.3, -0.25) is 32.5 Å². The SMILES string of the molecule is CC/C=C\C/C=C\C/C=C\C/C=C\C/C=C\C/C=C\CCCCC(=O)OCC(O)COP(=O)(O)OCC(O)COP(=O)(O)OCC(COC(=O)CCCCCCC/C=C\C/C=C\C/C=C\C/C=C\CCCCC)OC(=O)CC/C=C\C/C=C\C/C=C\C/C=C\C/C=C\C/C=C\CC. The number of ether oxygens (including phenoxy) is 3. The first-order valence-electron chi connectivity index (χ1n) is 35.7. The molecule has 0 rings (SSSR count). The Balaban J connectivity index is 4.87. The van der Waals surface area contributed by atoms with E-state index in [2.05, 4.69) is 197 Å². The molecule has 0 amide bonds. The van der Waals surface area contributed by atoms with Gasteiger partial charge < -0.3 is 34.2 Å². The van der Waals surface area contributed by atoms with E-state index in [4.69, 9.17) is 32.3 Å². The number of aliphatic hydroxyl groups excluding tert-OH is 2. The largest absolute Gasteiger partial charge is 0.472 e. The highest BCUT2D eigenvalue weighted by molar-refractivity contribution is 7.47. The van der Waals surface area contributed by atoms with Crippen LogP contribution in [0.2, 0.25) is 0 Å². The third-order valence-corrected chi connectivity index (χ3v) is 15.7. The van der Waals surface area contributed by atoms with E-state index in [1.54, 1.807) is 0 Å². The number of allylic oxidation sites excluding steroid dienone is 32. The van der Waals surface area contributed by atoms with E-state index in [1.807, 2.05) is 18.2 Å². The van der Waals surface area contributed by atoms with Crippen molar-refractivity contribution in [1.29, 1.82) is 0 Å². The summed E-state index contributed by atoms with van der Waals surface area (Å²) in [4.78, 5) is 58.5. The first-order chi connectivity index (χ1) is 47.2. The van der Waals surface area contributed by atoms with Crippen LogP contribution in [0.25, 0.3) is 0 Å². The molecule has 5 unspecified atom stereocenters. The lowest BCUT2D eigenvalue weighted by Crippen LogP contribution is -2.29. The van der Waals surface area contributed by atoms with Crippen LogP contribution in [0.5, 0.6) is 0 Å². The van der Waals surface area contributed by atoms with Crippen molar-refractivity contribution >= 4 is 33.6 Å². The Morgan fingerprint density at radius 2 is 0.567 bits per heavy atom. The fourth-order valence-corrected chi connectivity index (χ4v) is 9.99. The monoisotopic (exact) mass is 1390 g/mol. The molecule has 0 aliphatic carbocycles. The van der Waals surface area contributed by atoms with Gasteiger partial charge in [-0.05, 0) is 154 Å². The molecular formula is C79H124O16P2. The highest BCUT2D eigenvalue weighted by Crippen LogP contribution is 2.45. The molecule has 0 aliphatic heterocycles. The summed E-state index contributed by atoms with van der Waals surface area (Å²) in [7, 11) is -9.85. The van der Waals surface area contributed by atoms with E-state index in [1.165, 1.54) is 19.3 Å². The predicted molar refractivity (Wildman–Crippen MR) is 398 cm³/mol. The van der Waals surface area contributed by atoms with Crippen LogP contribution in [0.15, 0.2) is 194 Å². The fourth-order valence-electron chi connectivity index (χ4n) is 8.40. The molecule has 0 saturated heterocycles. The topological polar surface area (TPSA) is 231 Å². The Morgan fingerprint density at radius 3 is 0.928 bits per heavy atom. The van der Waals surface area contributed by atoms with Gasteiger partial charge in [-0.15, -0.1) is 0 Å². The third kappa shape index (κ3) is 71.5. The van der Waals surface area contributed by atoms with Gasteiger partial charge in [0.05, 0.1) is 26.4 Å². The van der Waals surface area contributed by atoms with E-state index >= 15 is 0 Å². The van der Waals surface area contributed by atoms with Crippen LogP contribution in [0.1, 0.15) is 226 Å². The van der Waals surface area contributed by atoms with Gasteiger partial charge in [0.25, 0.3) is 0 Å². The smallest absolute Gasteiger partial charge is 0.463 e. The van der Waals surface area contributed by atoms with Crippen molar-refractivity contribution in [3.05, 3.63) is 194 Å². The van der Waals surface area contributed by atoms with Crippen molar-refractivity contribution in [2.24, 2.45) is 0 Å². The summed E-state index contributed by atoms with van der Waals surface area (Å²) in [5, 5.41) is 20.6. The van der Waals surface area contributed by atoms with Crippen molar-refractivity contribution in [2.45, 2.75) is 245 Å². The first kappa shape index (κ1) is 91.4. The lowest BCUT2D eigenvalue weighted by Gasteiger charge is -2.21. The Labute approximate surface area is 585 Å². The maximum Gasteiger partial charge on any atom is 0.472 e. The summed E-state index contributed by atoms with van der Waals surface area (Å²) in [6.07, 6.45) is 90.6. The average molecular weight is 1390 g/mol. The number of unbranched alkanes of at least 4 members (excludes halogenated alkanes) is 10. The fraction of sp³-hybridized carbons (Fsp3) is 0.557. The Hall–Kier alpha value is -5.61. The van der Waals surface area contributed by atoms with Crippen LogP contribution >= 0.6 is 15.6 Å². The molecular weight excluding hydrogens is 1270 g/mol. The third-order valence-electron chi connectivity index (χ3n) is 13.8. The molecule has 0 spiro atoms. The standard InChI is InChI=1S/C79H124O16P2/c1-4-7-10-13-16-19-22-25-28-31-34-36-39-41-44-47-50-53-56-59-62-65-77(82)89-68-74(80)69-91-96(85,86)92-70-75(81)71-93-97(87,88)94-73-76(95-79(84)67-64-61-58-55-52-49-46-43-38-33-30-27-24-21-18-15-12-9-6-3)72-90-78(83)66-63-60-57-54-51-48-45-42-40-37-35-32-29-26-23-20-17-14-11-8-5-2/h7,9-10,12,16-21,25-30,34-38,41-45,49-50,52-53,58,61,74-76,80-81H,4-6,8,11,13-15,22-24,31-33,39-40,46-48,51,54-57,59-60,62-73H2,1-3H3,(H,85,86)(H,87,88)/b10-7-,12-9-,19-16-,20-17-,21-18-,28-25-,29-26-,30-27-,36-34-,37-35-,43-38-,44-41-,45-42-,52-49-,53-50-,61-58-. The van der Waals surface area contributed by atoms with Gasteiger partial charge in [0.2, 0.25) is 0 Å². The van der Waals surface area contributed by atoms with E-state index < -0.39 is 91.5 Å². The van der Waals surface area contributed by atoms with Crippen LogP contribution in [0.3, 0.4) is 0 Å². The molecule has 0 saturated carbocycles. The number of esters is 3. The van der Waals surface area contributed by atoms with Gasteiger partial charge in [0, 0.05) is 19.3 Å². The molecule has 0 aromatic carbocycles. The second-order valence-electron chi connectivity index (χ2n) is 22.9. The molecule has 4 N–H and O–H groups in total. The maximum absolute atomic E-state index is 12.9. The van der Waals surface area contributed by atoms with Crippen LogP contribution in [0, 0.1) is 0 Å². The summed E-state index contributed by atoms with van der Waals surface area (Å²) in [5.41, 5.74) is 0. The number of aliphatic hydroxyl groups is 2. The second kappa shape index (κ2) is 70.3. The number of hydrogen-bond acceptors (Lipinski definition) is 14. The predicted octanol–water partition coefficient (Wildman–Crippen LogP) is 20.4. The highest BCUT2D eigenvalue weighted by Gasteiger charge is 2.29. The Kier molecular flexibility index (Phi) is 66.2. The first-order valence-corrected chi connectivity index (χ1v) is 38.7. The zero-order valence-corrected chi connectivity index (χ0v) is 60.9. The molecule has 0 fully saturated rings. The summed E-state index contributed by atoms with van der Waals surface area (Å²) in [6, 6.07) is 0. The highest BCUT2D eigenvalue weighted by atomic mass is 31.2. The summed E-state index contributed by atoms with van der Waals surface area (Å²) in [6.45, 7) is 2.21. The van der Waals surface area contributed by atoms with Gasteiger partial charge >= 0.3 is 33.6 Å². The van der Waals surface area contributed by atoms with Crippen molar-refractivity contribution in [3.63, 3.8) is 0 Å². The quantitative estimate of drug-likeness (QED) is 0.0146. The lowest BCUT2D eigenvalue weighted by atomic mass is 10.1. The van der Waals surface area contributed by atoms with E-state index in [0.29, 0.717) is 25.7 Å². The Morgan fingerprint density at radius 1 is 0.299 bits per heavy atom. The van der Waals surface area contributed by atoms with Crippen LogP contribution < -0.4 is 0 Å². The minimum atomic E-state index is -4.97. The molecule has 0 aliphatic rings. The van der Waals surface area contributed by atoms with E-state index in [0.717, 1.165) is 141 Å². The summed E-state index contributed by atoms with van der Waals surface area (Å²) < 4.78 is 60.8. The molecule has 97 heavy (non-hydrogen) atoms. The zero-order chi connectivity index (χ0) is 70.9. The summed E-state index contributed by atoms with van der Waals surface area (Å²) in [5.74, 6) is -1.76. The van der Waals surface area contributed by atoms with Gasteiger partial charge in [-0.1, -0.05) is 247 Å². The number of rotatable bonds is 65. The molecule has 546 valence electrons. The number of hydrogen-bond donors (Lipinski definition) is 4. The van der Waals surface area contributed by atoms with Crippen molar-refractivity contribution in [1.82, 2.24) is 0 Å². The normalized spacial score (nSPS) is 15.2. The molecule has 16 nitrogen and oxygen atoms in total. The van der Waals surface area contributed by atoms with Gasteiger partial charge in [0.15, 0.2) is 6.10 Å². The average Bonchev–Trinajstić information content (AvgIpc) is 1.90. The van der Waals surface area contributed by atoms with Gasteiger partial charge in [0.1, 0.15) is 25.4 Å². The number of phosphoric ester groups is 2. The van der Waals surface area contributed by atoms with Crippen LogP contribution in [0.4, 0.5) is 0 Å². The maximum atomic E-state index is 12.9. The van der Waals surface area contributed by atoms with Gasteiger partial charge in [-0.25, -0.2) is 9.13 Å². The number of carbonyl (C=O) groups excluding carboxylic acids is 3. The van der Waals surface area contributed by atoms with Crippen LogP contribution in [-0.2, 0) is 55.8 Å². The zero-order valence-electron chi connectivity index (χ0n) is 59.2. The minimum absolute atomic E-state index is 0.0351. The van der Waals surface area contributed by atoms with Gasteiger partial charge in [-0.2, -0.15) is 0 Å². The van der Waals surface area contributed by atoms with Crippen molar-refractivity contribution in [2.75, 3.05) is 39.6 Å². The van der Waals surface area contributed by atoms with Crippen molar-refractivity contribution in [3.8, 4) is 0 Å². The minimum Gasteiger partial charge on any atom is -0.463 e. The van der Waals surface area contributed by atoms with Crippen molar-refractivity contribution < 1.29 is 75.8 Å². The molecule has 0 aromatic rings. The summed E-state index contributed by atoms with van der Waals surface area (Å²) >= 11 is 0. The number of carbonyl (C=O) groups is 3. The van der Waals surface area contributed by atoms with E-state index in [-0.39, 0.29) is 19.3 Å². The lowest BCUT2D eigenvalue weighted by molar-refractivity contribution is -0.161. The second-order valence-corrected chi connectivity index (χ2v) is 25.8.